The fourth-order valence-corrected chi connectivity index (χ4v) is 14.8. The summed E-state index contributed by atoms with van der Waals surface area (Å²) in [5.41, 5.74) is 13.4. The quantitative estimate of drug-likeness (QED) is 0.0981. The maximum atomic E-state index is 2.50. The minimum absolute atomic E-state index is 0.356. The molecular formula is C74H120N4+4. The molecule has 0 aromatic heterocycles. The summed E-state index contributed by atoms with van der Waals surface area (Å²) in [7, 11) is 10.00. The second-order valence-electron chi connectivity index (χ2n) is 33.3. The molecular weight excluding hydrogens is 945 g/mol. The smallest absolute Gasteiger partial charge is 0.104 e. The van der Waals surface area contributed by atoms with Gasteiger partial charge in [0.15, 0.2) is 0 Å². The summed E-state index contributed by atoms with van der Waals surface area (Å²) in [6.07, 6.45) is 18.9. The zero-order valence-electron chi connectivity index (χ0n) is 53.7. The highest BCUT2D eigenvalue weighted by Crippen LogP contribution is 2.38. The molecule has 0 amide bonds. The molecule has 4 aromatic carbocycles. The average molecular weight is 1070 g/mol. The van der Waals surface area contributed by atoms with Crippen LogP contribution < -0.4 is 0 Å². The van der Waals surface area contributed by atoms with Crippen molar-refractivity contribution in [1.82, 2.24) is 0 Å². The van der Waals surface area contributed by atoms with Crippen LogP contribution in [0.15, 0.2) is 97.1 Å². The van der Waals surface area contributed by atoms with E-state index >= 15 is 0 Å². The molecule has 432 valence electrons. The first kappa shape index (κ1) is 62.3. The Morgan fingerprint density at radius 3 is 0.615 bits per heavy atom. The molecule has 0 spiro atoms. The van der Waals surface area contributed by atoms with Gasteiger partial charge in [0.25, 0.3) is 0 Å². The Labute approximate surface area is 482 Å². The molecule has 78 heavy (non-hydrogen) atoms. The third-order valence-corrected chi connectivity index (χ3v) is 19.4. The molecule has 4 aliphatic rings. The van der Waals surface area contributed by atoms with Crippen molar-refractivity contribution in [1.29, 1.82) is 0 Å². The van der Waals surface area contributed by atoms with Crippen LogP contribution in [-0.2, 0) is 51.9 Å². The van der Waals surface area contributed by atoms with Crippen LogP contribution in [0.25, 0.3) is 0 Å². The lowest BCUT2D eigenvalue weighted by molar-refractivity contribution is -0.931. The number of rotatable bonds is 16. The Kier molecular flexibility index (Phi) is 20.7. The highest BCUT2D eigenvalue weighted by molar-refractivity contribution is 5.26. The lowest BCUT2D eigenvalue weighted by Crippen LogP contribution is -2.53. The third kappa shape index (κ3) is 20.9. The predicted octanol–water partition coefficient (Wildman–Crippen LogP) is 17.3. The monoisotopic (exact) mass is 1060 g/mol. The largest absolute Gasteiger partial charge is 0.322 e. The molecule has 0 N–H and O–H groups in total. The van der Waals surface area contributed by atoms with E-state index in [0.29, 0.717) is 21.7 Å². The second-order valence-corrected chi connectivity index (χ2v) is 33.3. The van der Waals surface area contributed by atoms with Gasteiger partial charge >= 0.3 is 0 Å². The molecule has 8 rings (SSSR count). The van der Waals surface area contributed by atoms with Crippen molar-refractivity contribution in [3.8, 4) is 0 Å². The van der Waals surface area contributed by atoms with E-state index in [1.54, 1.807) is 0 Å². The number of hydrogen-bond donors (Lipinski definition) is 0. The third-order valence-electron chi connectivity index (χ3n) is 19.4. The van der Waals surface area contributed by atoms with E-state index in [9.17, 15) is 0 Å². The molecule has 4 heterocycles. The van der Waals surface area contributed by atoms with Crippen LogP contribution in [0.1, 0.15) is 192 Å². The van der Waals surface area contributed by atoms with Crippen molar-refractivity contribution in [2.45, 2.75) is 199 Å². The van der Waals surface area contributed by atoms with Crippen molar-refractivity contribution in [3.05, 3.63) is 142 Å². The van der Waals surface area contributed by atoms with Crippen LogP contribution in [0.2, 0.25) is 0 Å². The van der Waals surface area contributed by atoms with Crippen LogP contribution in [0.4, 0.5) is 0 Å². The summed E-state index contributed by atoms with van der Waals surface area (Å²) in [5.74, 6) is 3.80. The molecule has 0 saturated carbocycles. The number of quaternary nitrogens is 4. The Morgan fingerprint density at radius 2 is 0.436 bits per heavy atom. The second kappa shape index (κ2) is 25.9. The summed E-state index contributed by atoms with van der Waals surface area (Å²) in [6.45, 7) is 43.5. The van der Waals surface area contributed by atoms with Crippen LogP contribution in [0.5, 0.6) is 0 Å². The normalized spacial score (nSPS) is 28.4. The van der Waals surface area contributed by atoms with Crippen molar-refractivity contribution in [2.24, 2.45) is 45.3 Å². The average Bonchev–Trinajstić information content (AvgIpc) is 3.33. The van der Waals surface area contributed by atoms with Gasteiger partial charge in [-0.05, 0) is 157 Å². The first-order chi connectivity index (χ1) is 36.4. The Bertz CT molecular complexity index is 2210. The first-order valence-corrected chi connectivity index (χ1v) is 32.0. The molecule has 4 heteroatoms. The Balaban J connectivity index is 0.000000226. The zero-order valence-corrected chi connectivity index (χ0v) is 53.7. The fraction of sp³-hybridized carbons (Fsp3) is 0.676. The Hall–Kier alpha value is -3.28. The molecule has 0 bridgehead atoms. The number of benzene rings is 4. The number of likely N-dealkylation sites (tertiary alicyclic amines) is 4. The standard InChI is InChI=1S/C38H62N2.C36H58N2/c1-37(2,3)27-33-11-15-35(16-12-33)29-39(7)23-19-31(20-24-39)9-10-32-21-25-40(8,26-22-32)30-36-17-13-34(14-18-36)28-38(4,5)6;1-35(2,3)25-29-9-13-31(14-10-29)27-37(7)21-17-33(18-22-37)34-19-23-38(8,24-20-34)28-32-15-11-30(12-16-32)26-36(4,5)6/h11-18,31-32H,9-10,19-30H2,1-8H3;9-16,33-34H,17-28H2,1-8H3/q2*+2. The van der Waals surface area contributed by atoms with Crippen LogP contribution in [0.3, 0.4) is 0 Å². The maximum absolute atomic E-state index is 2.50. The summed E-state index contributed by atoms with van der Waals surface area (Å²) in [5, 5.41) is 0. The topological polar surface area (TPSA) is 0 Å². The molecule has 0 aliphatic carbocycles. The minimum atomic E-state index is 0.356. The van der Waals surface area contributed by atoms with Gasteiger partial charge in [0.1, 0.15) is 26.2 Å². The lowest BCUT2D eigenvalue weighted by Gasteiger charge is -2.46. The van der Waals surface area contributed by atoms with Crippen molar-refractivity contribution >= 4 is 0 Å². The van der Waals surface area contributed by atoms with E-state index < -0.39 is 0 Å². The minimum Gasteiger partial charge on any atom is -0.322 e. The highest BCUT2D eigenvalue weighted by atomic mass is 15.3. The van der Waals surface area contributed by atoms with Crippen molar-refractivity contribution < 1.29 is 17.9 Å². The first-order valence-electron chi connectivity index (χ1n) is 32.0. The molecule has 4 aromatic rings. The molecule has 0 atom stereocenters. The molecule has 0 unspecified atom stereocenters. The number of piperidine rings is 4. The van der Waals surface area contributed by atoms with Gasteiger partial charge in [-0.1, -0.05) is 180 Å². The summed E-state index contributed by atoms with van der Waals surface area (Å²) >= 11 is 0. The van der Waals surface area contributed by atoms with E-state index in [1.807, 2.05) is 0 Å². The van der Waals surface area contributed by atoms with E-state index in [1.165, 1.54) is 205 Å². The van der Waals surface area contributed by atoms with Crippen LogP contribution >= 0.6 is 0 Å². The van der Waals surface area contributed by atoms with Gasteiger partial charge in [0.05, 0.1) is 80.5 Å². The summed E-state index contributed by atoms with van der Waals surface area (Å²) < 4.78 is 4.90. The Morgan fingerprint density at radius 1 is 0.269 bits per heavy atom. The lowest BCUT2D eigenvalue weighted by atomic mass is 9.77. The maximum Gasteiger partial charge on any atom is 0.104 e. The van der Waals surface area contributed by atoms with Crippen LogP contribution in [0, 0.1) is 45.3 Å². The van der Waals surface area contributed by atoms with E-state index in [-0.39, 0.29) is 0 Å². The molecule has 0 radical (unpaired) electrons. The van der Waals surface area contributed by atoms with Gasteiger partial charge in [0.2, 0.25) is 0 Å². The summed E-state index contributed by atoms with van der Waals surface area (Å²) in [4.78, 5) is 0. The van der Waals surface area contributed by atoms with Crippen molar-refractivity contribution in [3.63, 3.8) is 0 Å². The summed E-state index contributed by atoms with van der Waals surface area (Å²) in [6, 6.07) is 38.2. The molecule has 4 saturated heterocycles. The van der Waals surface area contributed by atoms with E-state index in [0.717, 1.165) is 49.4 Å². The van der Waals surface area contributed by atoms with Gasteiger partial charge in [-0.2, -0.15) is 0 Å². The van der Waals surface area contributed by atoms with Gasteiger partial charge in [0, 0.05) is 22.3 Å². The van der Waals surface area contributed by atoms with Gasteiger partial charge < -0.3 is 17.9 Å². The zero-order chi connectivity index (χ0) is 56.6. The molecule has 4 fully saturated rings. The van der Waals surface area contributed by atoms with Crippen molar-refractivity contribution in [2.75, 3.05) is 80.5 Å². The van der Waals surface area contributed by atoms with Gasteiger partial charge in [-0.15, -0.1) is 0 Å². The number of nitrogens with zero attached hydrogens (tertiary/aromatic N) is 4. The highest BCUT2D eigenvalue weighted by Gasteiger charge is 2.39. The van der Waals surface area contributed by atoms with E-state index in [4.69, 9.17) is 0 Å². The number of hydrogen-bond acceptors (Lipinski definition) is 0. The molecule has 4 nitrogen and oxygen atoms in total. The fourth-order valence-electron chi connectivity index (χ4n) is 14.8. The predicted molar refractivity (Wildman–Crippen MR) is 337 cm³/mol. The molecule has 4 aliphatic heterocycles. The SMILES string of the molecule is CC(C)(C)Cc1ccc(C[N+]2(C)CCC(C3CC[N+](C)(Cc4ccc(CC(C)(C)C)cc4)CC3)CC2)cc1.CC(C)(C)Cc1ccc(C[N+]2(C)CCC(CCC3CC[N+](C)(Cc4ccc(CC(C)(C)C)cc4)CC3)CC2)cc1. The van der Waals surface area contributed by atoms with Gasteiger partial charge in [-0.3, -0.25) is 0 Å². The van der Waals surface area contributed by atoms with Crippen LogP contribution in [-0.4, -0.2) is 98.5 Å². The van der Waals surface area contributed by atoms with E-state index in [2.05, 4.69) is 208 Å². The van der Waals surface area contributed by atoms with Gasteiger partial charge in [-0.25, -0.2) is 0 Å².